The van der Waals surface area contributed by atoms with Crippen LogP contribution in [-0.2, 0) is 20.1 Å². The zero-order valence-corrected chi connectivity index (χ0v) is 12.4. The molecule has 0 atom stereocenters. The van der Waals surface area contributed by atoms with E-state index in [-0.39, 0.29) is 0 Å². The van der Waals surface area contributed by atoms with Gasteiger partial charge in [-0.15, -0.1) is 0 Å². The molecule has 4 nitrogen and oxygen atoms in total. The van der Waals surface area contributed by atoms with Crippen molar-refractivity contribution < 1.29 is 0 Å². The maximum Gasteiger partial charge on any atom is 0.191 e. The lowest BCUT2D eigenvalue weighted by atomic mass is 10.1. The Balaban J connectivity index is 1.85. The minimum atomic E-state index is 0.772. The van der Waals surface area contributed by atoms with Crippen LogP contribution in [0, 0.1) is 6.92 Å². The number of hydrogen-bond donors (Lipinski definition) is 2. The van der Waals surface area contributed by atoms with Gasteiger partial charge in [-0.3, -0.25) is 4.99 Å². The third kappa shape index (κ3) is 3.88. The molecule has 1 aromatic heterocycles. The van der Waals surface area contributed by atoms with E-state index >= 15 is 0 Å². The number of benzene rings is 1. The molecule has 0 saturated carbocycles. The highest BCUT2D eigenvalue weighted by Gasteiger charge is 2.01. The molecule has 0 aliphatic carbocycles. The zero-order chi connectivity index (χ0) is 14.4. The fourth-order valence-corrected chi connectivity index (χ4v) is 2.06. The molecule has 106 valence electrons. The van der Waals surface area contributed by atoms with Gasteiger partial charge in [0, 0.05) is 39.6 Å². The number of rotatable bonds is 4. The Hall–Kier alpha value is -2.23. The first-order valence-electron chi connectivity index (χ1n) is 6.79. The van der Waals surface area contributed by atoms with E-state index in [0.29, 0.717) is 0 Å². The Morgan fingerprint density at radius 1 is 1.15 bits per heavy atom. The summed E-state index contributed by atoms with van der Waals surface area (Å²) in [6.45, 7) is 3.67. The number of aliphatic imine (C=N–C) groups is 1. The fourth-order valence-electron chi connectivity index (χ4n) is 2.06. The van der Waals surface area contributed by atoms with Crippen molar-refractivity contribution in [3.63, 3.8) is 0 Å². The highest BCUT2D eigenvalue weighted by atomic mass is 15.2. The van der Waals surface area contributed by atoms with E-state index in [9.17, 15) is 0 Å². The molecule has 1 heterocycles. The summed E-state index contributed by atoms with van der Waals surface area (Å²) in [6.07, 6.45) is 4.14. The zero-order valence-electron chi connectivity index (χ0n) is 12.4. The maximum atomic E-state index is 4.24. The second kappa shape index (κ2) is 6.80. The molecule has 0 aliphatic heterocycles. The molecule has 0 saturated heterocycles. The topological polar surface area (TPSA) is 41.4 Å². The van der Waals surface area contributed by atoms with E-state index in [1.807, 2.05) is 17.8 Å². The quantitative estimate of drug-likeness (QED) is 0.660. The van der Waals surface area contributed by atoms with Crippen LogP contribution >= 0.6 is 0 Å². The molecule has 2 aromatic rings. The lowest BCUT2D eigenvalue weighted by molar-refractivity contribution is 0.803. The van der Waals surface area contributed by atoms with Crippen LogP contribution in [0.2, 0.25) is 0 Å². The molecule has 4 heteroatoms. The maximum absolute atomic E-state index is 4.24. The second-order valence-electron chi connectivity index (χ2n) is 4.89. The average molecular weight is 270 g/mol. The molecule has 0 aliphatic rings. The Morgan fingerprint density at radius 2 is 1.90 bits per heavy atom. The van der Waals surface area contributed by atoms with Gasteiger partial charge in [-0.25, -0.2) is 0 Å². The van der Waals surface area contributed by atoms with Gasteiger partial charge in [-0.1, -0.05) is 24.3 Å². The predicted molar refractivity (Wildman–Crippen MR) is 83.6 cm³/mol. The molecule has 0 bridgehead atoms. The first kappa shape index (κ1) is 14.2. The second-order valence-corrected chi connectivity index (χ2v) is 4.89. The molecule has 0 spiro atoms. The average Bonchev–Trinajstić information content (AvgIpc) is 2.86. The highest BCUT2D eigenvalue weighted by molar-refractivity contribution is 5.79. The predicted octanol–water partition coefficient (Wildman–Crippen LogP) is 2.20. The Morgan fingerprint density at radius 3 is 2.55 bits per heavy atom. The van der Waals surface area contributed by atoms with Gasteiger partial charge in [0.25, 0.3) is 0 Å². The van der Waals surface area contributed by atoms with E-state index in [4.69, 9.17) is 0 Å². The van der Waals surface area contributed by atoms with Gasteiger partial charge in [-0.2, -0.15) is 0 Å². The van der Waals surface area contributed by atoms with Crippen molar-refractivity contribution in [2.45, 2.75) is 20.0 Å². The van der Waals surface area contributed by atoms with Crippen molar-refractivity contribution in [1.29, 1.82) is 0 Å². The summed E-state index contributed by atoms with van der Waals surface area (Å²) < 4.78 is 2.04. The Kier molecular flexibility index (Phi) is 4.82. The van der Waals surface area contributed by atoms with Gasteiger partial charge < -0.3 is 15.2 Å². The number of aromatic nitrogens is 1. The van der Waals surface area contributed by atoms with Crippen molar-refractivity contribution in [3.8, 4) is 0 Å². The lowest BCUT2D eigenvalue weighted by Gasteiger charge is -2.12. The summed E-state index contributed by atoms with van der Waals surface area (Å²) in [5.74, 6) is 0.817. The minimum absolute atomic E-state index is 0.772. The fraction of sp³-hybridized carbons (Fsp3) is 0.312. The van der Waals surface area contributed by atoms with Gasteiger partial charge in [-0.05, 0) is 29.7 Å². The molecular formula is C16H22N4. The Bertz CT molecular complexity index is 584. The molecule has 0 unspecified atom stereocenters. The number of nitrogens with one attached hydrogen (secondary N) is 2. The van der Waals surface area contributed by atoms with E-state index in [2.05, 4.69) is 59.1 Å². The van der Waals surface area contributed by atoms with E-state index in [0.717, 1.165) is 19.0 Å². The first-order chi connectivity index (χ1) is 9.69. The molecular weight excluding hydrogens is 248 g/mol. The summed E-state index contributed by atoms with van der Waals surface area (Å²) in [4.78, 5) is 4.24. The number of guanidine groups is 1. The van der Waals surface area contributed by atoms with Crippen LogP contribution in [-0.4, -0.2) is 17.6 Å². The molecule has 0 radical (unpaired) electrons. The van der Waals surface area contributed by atoms with Gasteiger partial charge in [0.15, 0.2) is 5.96 Å². The molecule has 1 aromatic carbocycles. The number of hydrogen-bond acceptors (Lipinski definition) is 1. The smallest absolute Gasteiger partial charge is 0.191 e. The SMILES string of the molecule is CN=C(NCc1ccn(C)c1)NCc1ccccc1C. The van der Waals surface area contributed by atoms with Crippen LogP contribution in [0.1, 0.15) is 16.7 Å². The normalized spacial score (nSPS) is 11.4. The minimum Gasteiger partial charge on any atom is -0.357 e. The van der Waals surface area contributed by atoms with Crippen LogP contribution in [0.25, 0.3) is 0 Å². The molecule has 0 amide bonds. The van der Waals surface area contributed by atoms with Gasteiger partial charge >= 0.3 is 0 Å². The van der Waals surface area contributed by atoms with Crippen LogP contribution in [0.15, 0.2) is 47.7 Å². The molecule has 2 N–H and O–H groups in total. The summed E-state index contributed by atoms with van der Waals surface area (Å²) in [6, 6.07) is 10.5. The molecule has 0 fully saturated rings. The van der Waals surface area contributed by atoms with Crippen molar-refractivity contribution >= 4 is 5.96 Å². The van der Waals surface area contributed by atoms with Crippen molar-refractivity contribution in [2.75, 3.05) is 7.05 Å². The summed E-state index contributed by atoms with van der Waals surface area (Å²) in [5.41, 5.74) is 3.82. The monoisotopic (exact) mass is 270 g/mol. The number of nitrogens with zero attached hydrogens (tertiary/aromatic N) is 2. The summed E-state index contributed by atoms with van der Waals surface area (Å²) >= 11 is 0. The third-order valence-electron chi connectivity index (χ3n) is 3.28. The Labute approximate surface area is 120 Å². The summed E-state index contributed by atoms with van der Waals surface area (Å²) in [5, 5.41) is 6.65. The van der Waals surface area contributed by atoms with E-state index in [1.54, 1.807) is 7.05 Å². The van der Waals surface area contributed by atoms with Crippen LogP contribution in [0.3, 0.4) is 0 Å². The highest BCUT2D eigenvalue weighted by Crippen LogP contribution is 2.06. The van der Waals surface area contributed by atoms with Gasteiger partial charge in [0.05, 0.1) is 0 Å². The standard InChI is InChI=1S/C16H22N4/c1-13-6-4-5-7-15(13)11-19-16(17-2)18-10-14-8-9-20(3)12-14/h4-9,12H,10-11H2,1-3H3,(H2,17,18,19). The van der Waals surface area contributed by atoms with Gasteiger partial charge in [0.2, 0.25) is 0 Å². The van der Waals surface area contributed by atoms with Gasteiger partial charge in [0.1, 0.15) is 0 Å². The van der Waals surface area contributed by atoms with Crippen LogP contribution in [0.5, 0.6) is 0 Å². The van der Waals surface area contributed by atoms with E-state index < -0.39 is 0 Å². The lowest BCUT2D eigenvalue weighted by Crippen LogP contribution is -2.36. The van der Waals surface area contributed by atoms with Crippen molar-refractivity contribution in [1.82, 2.24) is 15.2 Å². The molecule has 2 rings (SSSR count). The summed E-state index contributed by atoms with van der Waals surface area (Å²) in [7, 11) is 3.81. The van der Waals surface area contributed by atoms with E-state index in [1.165, 1.54) is 16.7 Å². The van der Waals surface area contributed by atoms with Crippen molar-refractivity contribution in [3.05, 3.63) is 59.4 Å². The van der Waals surface area contributed by atoms with Crippen LogP contribution in [0.4, 0.5) is 0 Å². The van der Waals surface area contributed by atoms with Crippen molar-refractivity contribution in [2.24, 2.45) is 12.0 Å². The first-order valence-corrected chi connectivity index (χ1v) is 6.79. The van der Waals surface area contributed by atoms with Crippen LogP contribution < -0.4 is 10.6 Å². The molecule has 20 heavy (non-hydrogen) atoms. The largest absolute Gasteiger partial charge is 0.357 e. The third-order valence-corrected chi connectivity index (χ3v) is 3.28. The number of aryl methyl sites for hydroxylation is 2.